The first-order valence-electron chi connectivity index (χ1n) is 7.20. The number of fused-ring (bicyclic) bond motifs is 1. The van der Waals surface area contributed by atoms with E-state index in [1.807, 2.05) is 18.2 Å². The van der Waals surface area contributed by atoms with Gasteiger partial charge in [0, 0.05) is 13.1 Å². The topological polar surface area (TPSA) is 71.0 Å². The number of hydrogen-bond donors (Lipinski definition) is 3. The number of ether oxygens (including phenoxy) is 2. The van der Waals surface area contributed by atoms with Gasteiger partial charge < -0.3 is 25.0 Å². The lowest BCUT2D eigenvalue weighted by Crippen LogP contribution is -2.31. The van der Waals surface area contributed by atoms with Crippen molar-refractivity contribution in [2.75, 3.05) is 26.3 Å². The molecule has 2 atom stereocenters. The molecule has 2 unspecified atom stereocenters. The van der Waals surface area contributed by atoms with Crippen molar-refractivity contribution in [3.05, 3.63) is 23.8 Å². The highest BCUT2D eigenvalue weighted by Gasteiger charge is 2.29. The van der Waals surface area contributed by atoms with Gasteiger partial charge in [-0.2, -0.15) is 0 Å². The van der Waals surface area contributed by atoms with E-state index in [0.29, 0.717) is 38.0 Å². The van der Waals surface area contributed by atoms with Crippen LogP contribution in [0.15, 0.2) is 18.2 Å². The highest BCUT2D eigenvalue weighted by Crippen LogP contribution is 2.33. The molecule has 0 aromatic heterocycles. The molecule has 110 valence electrons. The van der Waals surface area contributed by atoms with Crippen LogP contribution in [0, 0.1) is 5.92 Å². The Morgan fingerprint density at radius 3 is 2.60 bits per heavy atom. The van der Waals surface area contributed by atoms with Crippen LogP contribution in [-0.2, 0) is 0 Å². The monoisotopic (exact) mass is 279 g/mol. The molecule has 3 N–H and O–H groups in total. The first kappa shape index (κ1) is 13.7. The fourth-order valence-corrected chi connectivity index (χ4v) is 2.40. The summed E-state index contributed by atoms with van der Waals surface area (Å²) >= 11 is 0. The first-order valence-corrected chi connectivity index (χ1v) is 7.20. The number of nitrogens with one attached hydrogen (secondary N) is 1. The zero-order chi connectivity index (χ0) is 13.9. The second kappa shape index (κ2) is 5.99. The summed E-state index contributed by atoms with van der Waals surface area (Å²) in [4.78, 5) is 0. The predicted octanol–water partition coefficient (Wildman–Crippen LogP) is 0.852. The van der Waals surface area contributed by atoms with Crippen LogP contribution < -0.4 is 14.8 Å². The van der Waals surface area contributed by atoms with E-state index in [-0.39, 0.29) is 6.10 Å². The number of rotatable bonds is 6. The molecule has 5 heteroatoms. The molecule has 0 amide bonds. The fraction of sp³-hybridized carbons (Fsp3) is 0.600. The van der Waals surface area contributed by atoms with Crippen molar-refractivity contribution in [1.29, 1.82) is 0 Å². The SMILES string of the molecule is OC(CNCC(O)C1CC1)c1ccc2c(c1)OCCO2. The van der Waals surface area contributed by atoms with Gasteiger partial charge in [0.05, 0.1) is 12.2 Å². The largest absolute Gasteiger partial charge is 0.486 e. The van der Waals surface area contributed by atoms with Crippen molar-refractivity contribution in [1.82, 2.24) is 5.32 Å². The van der Waals surface area contributed by atoms with Gasteiger partial charge in [-0.05, 0) is 36.5 Å². The molecule has 1 aromatic rings. The summed E-state index contributed by atoms with van der Waals surface area (Å²) in [6.45, 7) is 2.06. The minimum absolute atomic E-state index is 0.289. The Kier molecular flexibility index (Phi) is 4.10. The molecule has 20 heavy (non-hydrogen) atoms. The van der Waals surface area contributed by atoms with Crippen molar-refractivity contribution in [2.45, 2.75) is 25.0 Å². The average Bonchev–Trinajstić information content (AvgIpc) is 3.31. The molecule has 1 aliphatic heterocycles. The molecule has 1 aliphatic carbocycles. The second-order valence-corrected chi connectivity index (χ2v) is 5.48. The normalized spacial score (nSPS) is 20.5. The molecule has 5 nitrogen and oxygen atoms in total. The minimum atomic E-state index is -0.614. The summed E-state index contributed by atoms with van der Waals surface area (Å²) in [5, 5.41) is 23.0. The van der Waals surface area contributed by atoms with Crippen molar-refractivity contribution in [3.63, 3.8) is 0 Å². The lowest BCUT2D eigenvalue weighted by atomic mass is 10.1. The lowest BCUT2D eigenvalue weighted by molar-refractivity contribution is 0.131. The van der Waals surface area contributed by atoms with E-state index in [9.17, 15) is 10.2 Å². The summed E-state index contributed by atoms with van der Waals surface area (Å²) in [5.74, 6) is 1.86. The molecule has 0 bridgehead atoms. The molecule has 2 aliphatic rings. The number of aliphatic hydroxyl groups excluding tert-OH is 2. The van der Waals surface area contributed by atoms with Crippen molar-refractivity contribution >= 4 is 0 Å². The molecule has 1 heterocycles. The standard InChI is InChI=1S/C15H21NO4/c17-12(10-1-2-10)8-16-9-13(18)11-3-4-14-15(7-11)20-6-5-19-14/h3-4,7,10,12-13,16-18H,1-2,5-6,8-9H2. The zero-order valence-corrected chi connectivity index (χ0v) is 11.4. The van der Waals surface area contributed by atoms with Crippen LogP contribution >= 0.6 is 0 Å². The Morgan fingerprint density at radius 1 is 1.10 bits per heavy atom. The lowest BCUT2D eigenvalue weighted by Gasteiger charge is -2.20. The van der Waals surface area contributed by atoms with Crippen molar-refractivity contribution < 1.29 is 19.7 Å². The molecule has 3 rings (SSSR count). The van der Waals surface area contributed by atoms with Crippen LogP contribution in [0.25, 0.3) is 0 Å². The third-order valence-corrected chi connectivity index (χ3v) is 3.81. The summed E-state index contributed by atoms with van der Waals surface area (Å²) in [6.07, 6.45) is 1.33. The molecule has 1 aromatic carbocycles. The number of benzene rings is 1. The fourth-order valence-electron chi connectivity index (χ4n) is 2.40. The van der Waals surface area contributed by atoms with Crippen LogP contribution in [0.3, 0.4) is 0 Å². The maximum absolute atomic E-state index is 10.1. The highest BCUT2D eigenvalue weighted by molar-refractivity contribution is 5.44. The Labute approximate surface area is 118 Å². The van der Waals surface area contributed by atoms with Crippen molar-refractivity contribution in [3.8, 4) is 11.5 Å². The Bertz CT molecular complexity index is 461. The molecule has 1 fully saturated rings. The Morgan fingerprint density at radius 2 is 1.85 bits per heavy atom. The molecule has 1 saturated carbocycles. The van der Waals surface area contributed by atoms with Crippen LogP contribution in [0.4, 0.5) is 0 Å². The van der Waals surface area contributed by atoms with Gasteiger partial charge in [0.1, 0.15) is 13.2 Å². The third kappa shape index (κ3) is 3.23. The smallest absolute Gasteiger partial charge is 0.161 e. The third-order valence-electron chi connectivity index (χ3n) is 3.81. The van der Waals surface area contributed by atoms with E-state index in [0.717, 1.165) is 24.2 Å². The summed E-state index contributed by atoms with van der Waals surface area (Å²) in [7, 11) is 0. The van der Waals surface area contributed by atoms with Gasteiger partial charge in [0.2, 0.25) is 0 Å². The van der Waals surface area contributed by atoms with Gasteiger partial charge in [0.25, 0.3) is 0 Å². The molecular weight excluding hydrogens is 258 g/mol. The van der Waals surface area contributed by atoms with Crippen LogP contribution in [0.1, 0.15) is 24.5 Å². The quantitative estimate of drug-likeness (QED) is 0.720. The van der Waals surface area contributed by atoms with E-state index >= 15 is 0 Å². The maximum Gasteiger partial charge on any atom is 0.161 e. The molecule has 0 spiro atoms. The Balaban J connectivity index is 1.52. The van der Waals surface area contributed by atoms with E-state index in [2.05, 4.69) is 5.32 Å². The number of aliphatic hydroxyl groups is 2. The van der Waals surface area contributed by atoms with E-state index in [1.54, 1.807) is 0 Å². The maximum atomic E-state index is 10.1. The van der Waals surface area contributed by atoms with E-state index in [1.165, 1.54) is 0 Å². The van der Waals surface area contributed by atoms with Gasteiger partial charge >= 0.3 is 0 Å². The van der Waals surface area contributed by atoms with Gasteiger partial charge in [-0.3, -0.25) is 0 Å². The second-order valence-electron chi connectivity index (χ2n) is 5.48. The van der Waals surface area contributed by atoms with Gasteiger partial charge in [-0.15, -0.1) is 0 Å². The van der Waals surface area contributed by atoms with Crippen LogP contribution in [-0.4, -0.2) is 42.6 Å². The molecular formula is C15H21NO4. The van der Waals surface area contributed by atoms with Crippen LogP contribution in [0.5, 0.6) is 11.5 Å². The van der Waals surface area contributed by atoms with Gasteiger partial charge in [-0.1, -0.05) is 6.07 Å². The Hall–Kier alpha value is -1.30. The minimum Gasteiger partial charge on any atom is -0.486 e. The van der Waals surface area contributed by atoms with Gasteiger partial charge in [-0.25, -0.2) is 0 Å². The summed E-state index contributed by atoms with van der Waals surface area (Å²) in [5.41, 5.74) is 0.794. The first-order chi connectivity index (χ1) is 9.74. The number of hydrogen-bond acceptors (Lipinski definition) is 5. The summed E-state index contributed by atoms with van der Waals surface area (Å²) < 4.78 is 10.9. The highest BCUT2D eigenvalue weighted by atomic mass is 16.6. The van der Waals surface area contributed by atoms with Crippen molar-refractivity contribution in [2.24, 2.45) is 5.92 Å². The van der Waals surface area contributed by atoms with E-state index in [4.69, 9.17) is 9.47 Å². The molecule has 0 saturated heterocycles. The summed E-state index contributed by atoms with van der Waals surface area (Å²) in [6, 6.07) is 5.49. The molecule has 0 radical (unpaired) electrons. The predicted molar refractivity (Wildman–Crippen MR) is 74.0 cm³/mol. The average molecular weight is 279 g/mol. The van der Waals surface area contributed by atoms with Gasteiger partial charge in [0.15, 0.2) is 11.5 Å². The van der Waals surface area contributed by atoms with E-state index < -0.39 is 6.10 Å². The van der Waals surface area contributed by atoms with Crippen LogP contribution in [0.2, 0.25) is 0 Å². The zero-order valence-electron chi connectivity index (χ0n) is 11.4.